The van der Waals surface area contributed by atoms with Gasteiger partial charge in [-0.25, -0.2) is 0 Å². The van der Waals surface area contributed by atoms with Crippen molar-refractivity contribution in [1.29, 1.82) is 0 Å². The quantitative estimate of drug-likeness (QED) is 0.601. The first-order valence-corrected chi connectivity index (χ1v) is 5.58. The number of ketones is 1. The second kappa shape index (κ2) is 4.81. The second-order valence-electron chi connectivity index (χ2n) is 4.05. The van der Waals surface area contributed by atoms with Crippen LogP contribution in [0.3, 0.4) is 0 Å². The van der Waals surface area contributed by atoms with Crippen LogP contribution in [0.25, 0.3) is 0 Å². The highest BCUT2D eigenvalue weighted by Gasteiger charge is 2.10. The number of Topliss-reactive ketones (excluding diaryl/α,β-unsaturated/α-hetero) is 1. The Morgan fingerprint density at radius 2 is 1.88 bits per heavy atom. The zero-order chi connectivity index (χ0) is 11.4. The second-order valence-corrected chi connectivity index (χ2v) is 4.05. The molecule has 1 heteroatoms. The predicted molar refractivity (Wildman–Crippen MR) is 65.0 cm³/mol. The van der Waals surface area contributed by atoms with Crippen LogP contribution in [-0.4, -0.2) is 5.78 Å². The van der Waals surface area contributed by atoms with Gasteiger partial charge < -0.3 is 0 Å². The first kappa shape index (κ1) is 10.7. The molecule has 0 heterocycles. The first-order chi connectivity index (χ1) is 7.75. The minimum absolute atomic E-state index is 0.186. The van der Waals surface area contributed by atoms with Crippen molar-refractivity contribution < 1.29 is 4.79 Å². The zero-order valence-corrected chi connectivity index (χ0v) is 9.42. The SMILES string of the molecule is Cc1ccc(C#CC2=CCCCC2=O)cc1. The van der Waals surface area contributed by atoms with Gasteiger partial charge in [-0.05, 0) is 31.9 Å². The number of allylic oxidation sites excluding steroid dienone is 2. The molecule has 1 aliphatic rings. The van der Waals surface area contributed by atoms with Crippen molar-refractivity contribution in [3.63, 3.8) is 0 Å². The van der Waals surface area contributed by atoms with Crippen molar-refractivity contribution in [2.75, 3.05) is 0 Å². The number of benzene rings is 1. The molecular formula is C15H14O. The van der Waals surface area contributed by atoms with Gasteiger partial charge in [0.1, 0.15) is 0 Å². The smallest absolute Gasteiger partial charge is 0.170 e. The van der Waals surface area contributed by atoms with Gasteiger partial charge in [-0.2, -0.15) is 0 Å². The van der Waals surface area contributed by atoms with E-state index in [1.807, 2.05) is 37.3 Å². The van der Waals surface area contributed by atoms with Gasteiger partial charge in [-0.3, -0.25) is 4.79 Å². The molecule has 1 aromatic rings. The maximum absolute atomic E-state index is 11.5. The summed E-state index contributed by atoms with van der Waals surface area (Å²) in [5.41, 5.74) is 2.87. The maximum Gasteiger partial charge on any atom is 0.170 e. The zero-order valence-electron chi connectivity index (χ0n) is 9.42. The molecule has 0 N–H and O–H groups in total. The van der Waals surface area contributed by atoms with Crippen LogP contribution < -0.4 is 0 Å². The summed E-state index contributed by atoms with van der Waals surface area (Å²) in [6.07, 6.45) is 4.54. The lowest BCUT2D eigenvalue weighted by atomic mass is 9.98. The molecule has 0 radical (unpaired) electrons. The molecule has 1 aliphatic carbocycles. The van der Waals surface area contributed by atoms with Gasteiger partial charge in [-0.15, -0.1) is 0 Å². The third-order valence-electron chi connectivity index (χ3n) is 2.65. The lowest BCUT2D eigenvalue weighted by molar-refractivity contribution is -0.115. The first-order valence-electron chi connectivity index (χ1n) is 5.58. The van der Waals surface area contributed by atoms with Crippen molar-refractivity contribution in [2.45, 2.75) is 26.2 Å². The van der Waals surface area contributed by atoms with Gasteiger partial charge >= 0.3 is 0 Å². The molecule has 0 fully saturated rings. The molecule has 0 aliphatic heterocycles. The lowest BCUT2D eigenvalue weighted by Gasteiger charge is -2.04. The van der Waals surface area contributed by atoms with E-state index >= 15 is 0 Å². The summed E-state index contributed by atoms with van der Waals surface area (Å²) >= 11 is 0. The summed E-state index contributed by atoms with van der Waals surface area (Å²) in [4.78, 5) is 11.5. The monoisotopic (exact) mass is 210 g/mol. The fourth-order valence-corrected chi connectivity index (χ4v) is 1.65. The molecule has 2 rings (SSSR count). The number of carbonyl (C=O) groups is 1. The molecule has 16 heavy (non-hydrogen) atoms. The van der Waals surface area contributed by atoms with Crippen molar-refractivity contribution >= 4 is 5.78 Å². The van der Waals surface area contributed by atoms with E-state index in [1.54, 1.807) is 0 Å². The van der Waals surface area contributed by atoms with E-state index in [4.69, 9.17) is 0 Å². The molecule has 1 nitrogen and oxygen atoms in total. The molecule has 1 aromatic carbocycles. The standard InChI is InChI=1S/C15H14O/c1-12-6-8-13(9-7-12)10-11-14-4-2-3-5-15(14)16/h4,6-9H,2-3,5H2,1H3. The van der Waals surface area contributed by atoms with E-state index in [1.165, 1.54) is 5.56 Å². The Morgan fingerprint density at radius 1 is 1.12 bits per heavy atom. The summed E-state index contributed by atoms with van der Waals surface area (Å²) in [6, 6.07) is 8.02. The van der Waals surface area contributed by atoms with Crippen LogP contribution >= 0.6 is 0 Å². The Labute approximate surface area is 96.2 Å². The van der Waals surface area contributed by atoms with Crippen molar-refractivity contribution in [3.05, 3.63) is 47.0 Å². The van der Waals surface area contributed by atoms with Gasteiger partial charge in [0.2, 0.25) is 0 Å². The molecular weight excluding hydrogens is 196 g/mol. The fraction of sp³-hybridized carbons (Fsp3) is 0.267. The third kappa shape index (κ3) is 2.61. The van der Waals surface area contributed by atoms with Crippen LogP contribution in [0.5, 0.6) is 0 Å². The summed E-state index contributed by atoms with van der Waals surface area (Å²) in [5.74, 6) is 6.19. The molecule has 80 valence electrons. The van der Waals surface area contributed by atoms with Crippen molar-refractivity contribution in [2.24, 2.45) is 0 Å². The van der Waals surface area contributed by atoms with Crippen LogP contribution in [0.15, 0.2) is 35.9 Å². The highest BCUT2D eigenvalue weighted by molar-refractivity contribution is 6.00. The molecule has 0 amide bonds. The van der Waals surface area contributed by atoms with Crippen LogP contribution in [0, 0.1) is 18.8 Å². The number of aryl methyl sites for hydroxylation is 1. The van der Waals surface area contributed by atoms with E-state index in [9.17, 15) is 4.79 Å². The van der Waals surface area contributed by atoms with Crippen LogP contribution in [0.1, 0.15) is 30.4 Å². The molecule has 0 saturated carbocycles. The third-order valence-corrected chi connectivity index (χ3v) is 2.65. The normalized spacial score (nSPS) is 15.1. The van der Waals surface area contributed by atoms with Gasteiger partial charge in [0.15, 0.2) is 5.78 Å². The Balaban J connectivity index is 2.18. The summed E-state index contributed by atoms with van der Waals surface area (Å²) in [7, 11) is 0. The molecule has 0 atom stereocenters. The summed E-state index contributed by atoms with van der Waals surface area (Å²) < 4.78 is 0. The van der Waals surface area contributed by atoms with Gasteiger partial charge in [0, 0.05) is 12.0 Å². The summed E-state index contributed by atoms with van der Waals surface area (Å²) in [5, 5.41) is 0. The minimum Gasteiger partial charge on any atom is -0.293 e. The van der Waals surface area contributed by atoms with E-state index in [0.717, 1.165) is 18.4 Å². The summed E-state index contributed by atoms with van der Waals surface area (Å²) in [6.45, 7) is 2.05. The minimum atomic E-state index is 0.186. The van der Waals surface area contributed by atoms with E-state index < -0.39 is 0 Å². The Morgan fingerprint density at radius 3 is 2.56 bits per heavy atom. The van der Waals surface area contributed by atoms with Crippen molar-refractivity contribution in [3.8, 4) is 11.8 Å². The van der Waals surface area contributed by atoms with E-state index in [2.05, 4.69) is 11.8 Å². The Kier molecular flexibility index (Phi) is 3.22. The predicted octanol–water partition coefficient (Wildman–Crippen LogP) is 3.03. The largest absolute Gasteiger partial charge is 0.293 e. The molecule has 0 aromatic heterocycles. The highest BCUT2D eigenvalue weighted by Crippen LogP contribution is 2.13. The van der Waals surface area contributed by atoms with Gasteiger partial charge in [0.05, 0.1) is 5.57 Å². The van der Waals surface area contributed by atoms with Crippen molar-refractivity contribution in [1.82, 2.24) is 0 Å². The van der Waals surface area contributed by atoms with Gasteiger partial charge in [-0.1, -0.05) is 35.6 Å². The lowest BCUT2D eigenvalue weighted by Crippen LogP contribution is -2.04. The number of rotatable bonds is 0. The number of carbonyl (C=O) groups excluding carboxylic acids is 1. The number of hydrogen-bond donors (Lipinski definition) is 0. The van der Waals surface area contributed by atoms with Crippen LogP contribution in [0.4, 0.5) is 0 Å². The van der Waals surface area contributed by atoms with E-state index in [0.29, 0.717) is 12.0 Å². The van der Waals surface area contributed by atoms with E-state index in [-0.39, 0.29) is 5.78 Å². The Bertz CT molecular complexity index is 480. The molecule has 0 saturated heterocycles. The molecule has 0 unspecified atom stereocenters. The highest BCUT2D eigenvalue weighted by atomic mass is 16.1. The molecule has 0 bridgehead atoms. The maximum atomic E-state index is 11.5. The van der Waals surface area contributed by atoms with Crippen LogP contribution in [0.2, 0.25) is 0 Å². The molecule has 0 spiro atoms. The number of hydrogen-bond acceptors (Lipinski definition) is 1. The average Bonchev–Trinajstić information content (AvgIpc) is 2.30. The topological polar surface area (TPSA) is 17.1 Å². The average molecular weight is 210 g/mol. The Hall–Kier alpha value is -1.81. The van der Waals surface area contributed by atoms with Crippen LogP contribution in [-0.2, 0) is 4.79 Å². The van der Waals surface area contributed by atoms with Gasteiger partial charge in [0.25, 0.3) is 0 Å². The fourth-order valence-electron chi connectivity index (χ4n) is 1.65.